The quantitative estimate of drug-likeness (QED) is 0.850. The summed E-state index contributed by atoms with van der Waals surface area (Å²) in [6, 6.07) is 8.34. The molecule has 7 heteroatoms. The van der Waals surface area contributed by atoms with Gasteiger partial charge in [-0.1, -0.05) is 6.07 Å². The van der Waals surface area contributed by atoms with E-state index in [1.54, 1.807) is 13.1 Å². The Morgan fingerprint density at radius 2 is 2.11 bits per heavy atom. The number of halogens is 1. The van der Waals surface area contributed by atoms with E-state index in [1.807, 2.05) is 24.4 Å². The summed E-state index contributed by atoms with van der Waals surface area (Å²) in [6.07, 6.45) is 2.05. The van der Waals surface area contributed by atoms with Crippen LogP contribution in [0.1, 0.15) is 30.2 Å². The molecule has 1 aromatic carbocycles. The van der Waals surface area contributed by atoms with Gasteiger partial charge >= 0.3 is 0 Å². The van der Waals surface area contributed by atoms with Crippen molar-refractivity contribution in [2.75, 3.05) is 7.05 Å². The van der Waals surface area contributed by atoms with E-state index in [9.17, 15) is 9.18 Å². The van der Waals surface area contributed by atoms with Gasteiger partial charge in [-0.25, -0.2) is 4.39 Å². The summed E-state index contributed by atoms with van der Waals surface area (Å²) in [5.74, 6) is -0.346. The summed E-state index contributed by atoms with van der Waals surface area (Å²) >= 11 is 1.52. The zero-order valence-corrected chi connectivity index (χ0v) is 15.9. The molecule has 2 fully saturated rings. The first-order chi connectivity index (χ1) is 12.8. The minimum absolute atomic E-state index is 0.0108. The van der Waals surface area contributed by atoms with Gasteiger partial charge in [0, 0.05) is 11.9 Å². The molecule has 27 heavy (non-hydrogen) atoms. The molecule has 2 heterocycles. The number of carbonyl (C=O) groups is 1. The Morgan fingerprint density at radius 3 is 2.78 bits per heavy atom. The third-order valence-electron chi connectivity index (χ3n) is 5.56. The lowest BCUT2D eigenvalue weighted by Gasteiger charge is -2.45. The molecule has 1 aliphatic carbocycles. The van der Waals surface area contributed by atoms with Crippen LogP contribution in [0.4, 0.5) is 4.39 Å². The summed E-state index contributed by atoms with van der Waals surface area (Å²) in [7, 11) is 1.63. The molecule has 1 saturated heterocycles. The van der Waals surface area contributed by atoms with Crippen LogP contribution in [0.2, 0.25) is 0 Å². The maximum Gasteiger partial charge on any atom is 0.235 e. The summed E-state index contributed by atoms with van der Waals surface area (Å²) < 4.78 is 13.6. The highest BCUT2D eigenvalue weighted by atomic mass is 32.1. The van der Waals surface area contributed by atoms with Crippen molar-refractivity contribution in [1.29, 1.82) is 10.7 Å². The van der Waals surface area contributed by atoms with Crippen LogP contribution < -0.4 is 5.32 Å². The number of rotatable bonds is 3. The Bertz CT molecular complexity index is 990. The molecule has 5 nitrogen and oxygen atoms in total. The fourth-order valence-electron chi connectivity index (χ4n) is 3.84. The maximum absolute atomic E-state index is 13.6. The van der Waals surface area contributed by atoms with Crippen LogP contribution in [0.5, 0.6) is 0 Å². The number of nitriles is 1. The van der Waals surface area contributed by atoms with Crippen LogP contribution in [0.25, 0.3) is 11.1 Å². The van der Waals surface area contributed by atoms with Gasteiger partial charge in [-0.15, -0.1) is 11.3 Å². The van der Waals surface area contributed by atoms with E-state index in [2.05, 4.69) is 5.32 Å². The highest BCUT2D eigenvalue weighted by molar-refractivity contribution is 7.10. The SMILES string of the molecule is CN1C(=N)N[C@](C)(c2cc(-c3ccc(F)c(C#N)c3)cs2)C(C2CC2)C1=O. The van der Waals surface area contributed by atoms with Gasteiger partial charge in [-0.2, -0.15) is 5.26 Å². The Kier molecular flexibility index (Phi) is 4.04. The fraction of sp³-hybridized carbons (Fsp3) is 0.350. The highest BCUT2D eigenvalue weighted by Gasteiger charge is 2.54. The third kappa shape index (κ3) is 2.81. The van der Waals surface area contributed by atoms with Gasteiger partial charge in [0.15, 0.2) is 5.96 Å². The molecule has 138 valence electrons. The number of carbonyl (C=O) groups excluding carboxylic acids is 1. The van der Waals surface area contributed by atoms with Crippen molar-refractivity contribution in [2.24, 2.45) is 11.8 Å². The zero-order chi connectivity index (χ0) is 19.3. The van der Waals surface area contributed by atoms with Gasteiger partial charge in [-0.3, -0.25) is 15.1 Å². The highest BCUT2D eigenvalue weighted by Crippen LogP contribution is 2.49. The molecule has 2 N–H and O–H groups in total. The first kappa shape index (κ1) is 17.7. The summed E-state index contributed by atoms with van der Waals surface area (Å²) in [4.78, 5) is 15.2. The van der Waals surface area contributed by atoms with Crippen molar-refractivity contribution >= 4 is 23.2 Å². The third-order valence-corrected chi connectivity index (χ3v) is 6.72. The molecular weight excluding hydrogens is 363 g/mol. The van der Waals surface area contributed by atoms with Crippen molar-refractivity contribution in [3.63, 3.8) is 0 Å². The Labute approximate surface area is 160 Å². The summed E-state index contributed by atoms with van der Waals surface area (Å²) in [6.45, 7) is 1.98. The molecule has 2 atom stereocenters. The minimum Gasteiger partial charge on any atom is -0.345 e. The second kappa shape index (κ2) is 6.17. The molecule has 4 rings (SSSR count). The fourth-order valence-corrected chi connectivity index (χ4v) is 4.92. The van der Waals surface area contributed by atoms with Crippen molar-refractivity contribution in [1.82, 2.24) is 10.2 Å². The van der Waals surface area contributed by atoms with E-state index in [0.29, 0.717) is 5.92 Å². The lowest BCUT2D eigenvalue weighted by molar-refractivity contribution is -0.136. The number of nitrogens with one attached hydrogen (secondary N) is 2. The maximum atomic E-state index is 13.6. The lowest BCUT2D eigenvalue weighted by Crippen LogP contribution is -2.64. The number of amides is 1. The van der Waals surface area contributed by atoms with Crippen molar-refractivity contribution in [3.8, 4) is 17.2 Å². The molecule has 0 bridgehead atoms. The predicted molar refractivity (Wildman–Crippen MR) is 102 cm³/mol. The van der Waals surface area contributed by atoms with Crippen LogP contribution in [0.15, 0.2) is 29.6 Å². The van der Waals surface area contributed by atoms with E-state index in [0.717, 1.165) is 28.8 Å². The summed E-state index contributed by atoms with van der Waals surface area (Å²) in [5.41, 5.74) is 0.998. The van der Waals surface area contributed by atoms with Crippen LogP contribution in [-0.4, -0.2) is 23.8 Å². The molecule has 2 aliphatic rings. The van der Waals surface area contributed by atoms with Gasteiger partial charge in [0.1, 0.15) is 11.9 Å². The van der Waals surface area contributed by atoms with Crippen LogP contribution in [0, 0.1) is 34.4 Å². The van der Waals surface area contributed by atoms with Gasteiger partial charge in [0.2, 0.25) is 5.91 Å². The Morgan fingerprint density at radius 1 is 1.37 bits per heavy atom. The van der Waals surface area contributed by atoms with E-state index in [1.165, 1.54) is 28.4 Å². The second-order valence-electron chi connectivity index (χ2n) is 7.39. The Balaban J connectivity index is 1.74. The normalized spacial score (nSPS) is 25.3. The Hall–Kier alpha value is -2.72. The van der Waals surface area contributed by atoms with Gasteiger partial charge in [0.05, 0.1) is 17.0 Å². The number of hydrogen-bond donors (Lipinski definition) is 2. The van der Waals surface area contributed by atoms with E-state index < -0.39 is 11.4 Å². The predicted octanol–water partition coefficient (Wildman–Crippen LogP) is 3.66. The van der Waals surface area contributed by atoms with Crippen molar-refractivity contribution in [3.05, 3.63) is 45.9 Å². The number of hydrogen-bond acceptors (Lipinski definition) is 4. The molecule has 1 aromatic heterocycles. The molecule has 1 amide bonds. The number of guanidine groups is 1. The van der Waals surface area contributed by atoms with Gasteiger partial charge < -0.3 is 5.32 Å². The van der Waals surface area contributed by atoms with Gasteiger partial charge in [-0.05, 0) is 60.4 Å². The summed E-state index contributed by atoms with van der Waals surface area (Å²) in [5, 5.41) is 22.4. The zero-order valence-electron chi connectivity index (χ0n) is 15.0. The number of thiophene rings is 1. The standard InChI is InChI=1S/C20H19FN4OS/c1-20(17(11-3-4-11)18(26)25(2)19(23)24-20)16-8-14(10-27-16)12-5-6-15(21)13(7-12)9-22/h5-8,10-11,17H,3-4H2,1-2H3,(H2,23,24)/t17?,20-/m1/s1. The molecule has 1 unspecified atom stereocenters. The smallest absolute Gasteiger partial charge is 0.235 e. The molecule has 1 aliphatic heterocycles. The average Bonchev–Trinajstić information content (AvgIpc) is 3.33. The molecule has 0 spiro atoms. The minimum atomic E-state index is -0.650. The largest absolute Gasteiger partial charge is 0.345 e. The number of nitrogens with zero attached hydrogens (tertiary/aromatic N) is 2. The van der Waals surface area contributed by atoms with E-state index in [4.69, 9.17) is 10.7 Å². The van der Waals surface area contributed by atoms with E-state index >= 15 is 0 Å². The molecule has 1 saturated carbocycles. The van der Waals surface area contributed by atoms with Crippen LogP contribution in [-0.2, 0) is 10.3 Å². The monoisotopic (exact) mass is 382 g/mol. The first-order valence-electron chi connectivity index (χ1n) is 8.78. The van der Waals surface area contributed by atoms with Gasteiger partial charge in [0.25, 0.3) is 0 Å². The number of benzene rings is 1. The molecule has 2 aromatic rings. The first-order valence-corrected chi connectivity index (χ1v) is 9.66. The average molecular weight is 382 g/mol. The van der Waals surface area contributed by atoms with Crippen molar-refractivity contribution in [2.45, 2.75) is 25.3 Å². The van der Waals surface area contributed by atoms with Crippen molar-refractivity contribution < 1.29 is 9.18 Å². The van der Waals surface area contributed by atoms with Crippen LogP contribution >= 0.6 is 11.3 Å². The topological polar surface area (TPSA) is 80.0 Å². The molecular formula is C20H19FN4OS. The molecule has 0 radical (unpaired) electrons. The van der Waals surface area contributed by atoms with Crippen LogP contribution in [0.3, 0.4) is 0 Å². The lowest BCUT2D eigenvalue weighted by atomic mass is 9.78. The van der Waals surface area contributed by atoms with E-state index in [-0.39, 0.29) is 23.3 Å². The second-order valence-corrected chi connectivity index (χ2v) is 8.31.